The van der Waals surface area contributed by atoms with Crippen molar-refractivity contribution in [2.45, 2.75) is 30.8 Å². The summed E-state index contributed by atoms with van der Waals surface area (Å²) in [6.07, 6.45) is 1.63. The number of nitrogens with two attached hydrogens (primary N) is 1. The van der Waals surface area contributed by atoms with Crippen LogP contribution in [-0.2, 0) is 11.3 Å². The van der Waals surface area contributed by atoms with E-state index in [2.05, 4.69) is 16.3 Å². The van der Waals surface area contributed by atoms with Crippen LogP contribution in [-0.4, -0.2) is 25.9 Å². The van der Waals surface area contributed by atoms with Gasteiger partial charge >= 0.3 is 0 Å². The van der Waals surface area contributed by atoms with Crippen molar-refractivity contribution in [2.24, 2.45) is 5.73 Å². The molecule has 0 spiro atoms. The Balaban J connectivity index is 2.02. The first-order chi connectivity index (χ1) is 11.5. The van der Waals surface area contributed by atoms with Crippen molar-refractivity contribution in [3.63, 3.8) is 0 Å². The standard InChI is InChI=1S/C17H18N4O2S/c1-11-5-3-6-13(9-11)16-19-20-17(24-12(2)15(18)22)21(16)10-14-7-4-8-23-14/h3-9,12H,10H2,1-2H3,(H2,18,22). The Morgan fingerprint density at radius 1 is 1.33 bits per heavy atom. The maximum Gasteiger partial charge on any atom is 0.230 e. The first-order valence-corrected chi connectivity index (χ1v) is 8.41. The van der Waals surface area contributed by atoms with Crippen LogP contribution in [0.5, 0.6) is 0 Å². The van der Waals surface area contributed by atoms with Gasteiger partial charge in [-0.05, 0) is 32.0 Å². The molecular formula is C17H18N4O2S. The van der Waals surface area contributed by atoms with Crippen LogP contribution in [0.3, 0.4) is 0 Å². The molecule has 0 bridgehead atoms. The molecule has 0 radical (unpaired) electrons. The summed E-state index contributed by atoms with van der Waals surface area (Å²) in [5.41, 5.74) is 7.48. The third kappa shape index (κ3) is 3.51. The molecule has 1 amide bonds. The largest absolute Gasteiger partial charge is 0.467 e. The van der Waals surface area contributed by atoms with Crippen LogP contribution in [0.25, 0.3) is 11.4 Å². The number of carbonyl (C=O) groups is 1. The molecular weight excluding hydrogens is 324 g/mol. The zero-order valence-corrected chi connectivity index (χ0v) is 14.3. The van der Waals surface area contributed by atoms with Crippen molar-refractivity contribution < 1.29 is 9.21 Å². The van der Waals surface area contributed by atoms with Crippen LogP contribution < -0.4 is 5.73 Å². The van der Waals surface area contributed by atoms with E-state index >= 15 is 0 Å². The van der Waals surface area contributed by atoms with Gasteiger partial charge < -0.3 is 10.2 Å². The van der Waals surface area contributed by atoms with Gasteiger partial charge in [0, 0.05) is 5.56 Å². The number of primary amides is 1. The van der Waals surface area contributed by atoms with Crippen molar-refractivity contribution >= 4 is 17.7 Å². The number of rotatable bonds is 6. The lowest BCUT2D eigenvalue weighted by Crippen LogP contribution is -2.23. The number of benzene rings is 1. The average Bonchev–Trinajstić information content (AvgIpc) is 3.18. The predicted molar refractivity (Wildman–Crippen MR) is 92.5 cm³/mol. The summed E-state index contributed by atoms with van der Waals surface area (Å²) in [6, 6.07) is 11.8. The molecule has 2 N–H and O–H groups in total. The molecule has 0 fully saturated rings. The van der Waals surface area contributed by atoms with E-state index in [1.807, 2.05) is 41.8 Å². The van der Waals surface area contributed by atoms with Crippen LogP contribution in [0, 0.1) is 6.92 Å². The van der Waals surface area contributed by atoms with Gasteiger partial charge in [-0.15, -0.1) is 10.2 Å². The van der Waals surface area contributed by atoms with E-state index in [1.54, 1.807) is 13.2 Å². The van der Waals surface area contributed by atoms with Gasteiger partial charge in [-0.1, -0.05) is 35.5 Å². The van der Waals surface area contributed by atoms with Crippen molar-refractivity contribution in [1.29, 1.82) is 0 Å². The smallest absolute Gasteiger partial charge is 0.230 e. The molecule has 2 aromatic heterocycles. The van der Waals surface area contributed by atoms with Crippen LogP contribution in [0.2, 0.25) is 0 Å². The van der Waals surface area contributed by atoms with E-state index in [1.165, 1.54) is 11.8 Å². The number of furan rings is 1. The van der Waals surface area contributed by atoms with Gasteiger partial charge in [0.15, 0.2) is 11.0 Å². The van der Waals surface area contributed by atoms with Crippen LogP contribution in [0.15, 0.2) is 52.2 Å². The lowest BCUT2D eigenvalue weighted by Gasteiger charge is -2.11. The molecule has 3 rings (SSSR count). The normalized spacial score (nSPS) is 12.2. The molecule has 7 heteroatoms. The molecule has 0 saturated heterocycles. The van der Waals surface area contributed by atoms with E-state index in [4.69, 9.17) is 10.2 Å². The van der Waals surface area contributed by atoms with Gasteiger partial charge in [-0.3, -0.25) is 9.36 Å². The Morgan fingerprint density at radius 3 is 2.83 bits per heavy atom. The van der Waals surface area contributed by atoms with Crippen LogP contribution >= 0.6 is 11.8 Å². The second-order valence-electron chi connectivity index (χ2n) is 5.50. The number of carbonyl (C=O) groups excluding carboxylic acids is 1. The third-order valence-corrected chi connectivity index (χ3v) is 4.67. The molecule has 0 saturated carbocycles. The Hall–Kier alpha value is -2.54. The fraction of sp³-hybridized carbons (Fsp3) is 0.235. The van der Waals surface area contributed by atoms with Gasteiger partial charge in [-0.25, -0.2) is 0 Å². The molecule has 1 aromatic carbocycles. The predicted octanol–water partition coefficient (Wildman–Crippen LogP) is 2.86. The third-order valence-electron chi connectivity index (χ3n) is 3.57. The zero-order valence-electron chi connectivity index (χ0n) is 13.5. The quantitative estimate of drug-likeness (QED) is 0.696. The lowest BCUT2D eigenvalue weighted by molar-refractivity contribution is -0.117. The fourth-order valence-corrected chi connectivity index (χ4v) is 3.09. The first kappa shape index (κ1) is 16.3. The summed E-state index contributed by atoms with van der Waals surface area (Å²) in [5, 5.41) is 8.81. The molecule has 1 atom stereocenters. The molecule has 2 heterocycles. The van der Waals surface area contributed by atoms with Crippen molar-refractivity contribution in [3.8, 4) is 11.4 Å². The minimum absolute atomic E-state index is 0.385. The minimum atomic E-state index is -0.394. The second-order valence-corrected chi connectivity index (χ2v) is 6.81. The Morgan fingerprint density at radius 2 is 2.17 bits per heavy atom. The van der Waals surface area contributed by atoms with Crippen molar-refractivity contribution in [2.75, 3.05) is 0 Å². The summed E-state index contributed by atoms with van der Waals surface area (Å²) in [5.74, 6) is 1.14. The Kier molecular flexibility index (Phi) is 4.71. The Labute approximate surface area is 144 Å². The number of hydrogen-bond donors (Lipinski definition) is 1. The molecule has 3 aromatic rings. The summed E-state index contributed by atoms with van der Waals surface area (Å²) in [4.78, 5) is 11.4. The Bertz CT molecular complexity index is 842. The van der Waals surface area contributed by atoms with Gasteiger partial charge in [0.1, 0.15) is 5.76 Å². The van der Waals surface area contributed by atoms with Crippen LogP contribution in [0.4, 0.5) is 0 Å². The topological polar surface area (TPSA) is 86.9 Å². The molecule has 6 nitrogen and oxygen atoms in total. The van der Waals surface area contributed by atoms with Gasteiger partial charge in [-0.2, -0.15) is 0 Å². The fourth-order valence-electron chi connectivity index (χ4n) is 2.29. The van der Waals surface area contributed by atoms with Crippen molar-refractivity contribution in [1.82, 2.24) is 14.8 Å². The number of thioether (sulfide) groups is 1. The summed E-state index contributed by atoms with van der Waals surface area (Å²) >= 11 is 1.29. The van der Waals surface area contributed by atoms with E-state index in [9.17, 15) is 4.79 Å². The number of amides is 1. The molecule has 1 unspecified atom stereocenters. The van der Waals surface area contributed by atoms with E-state index in [0.29, 0.717) is 11.7 Å². The molecule has 0 aliphatic heterocycles. The van der Waals surface area contributed by atoms with Gasteiger partial charge in [0.05, 0.1) is 18.1 Å². The van der Waals surface area contributed by atoms with E-state index in [-0.39, 0.29) is 5.91 Å². The SMILES string of the molecule is Cc1cccc(-c2nnc(SC(C)C(N)=O)n2Cc2ccco2)c1. The van der Waals surface area contributed by atoms with E-state index in [0.717, 1.165) is 22.7 Å². The number of nitrogens with zero attached hydrogens (tertiary/aromatic N) is 3. The average molecular weight is 342 g/mol. The van der Waals surface area contributed by atoms with Gasteiger partial charge in [0.25, 0.3) is 0 Å². The molecule has 24 heavy (non-hydrogen) atoms. The first-order valence-electron chi connectivity index (χ1n) is 7.53. The summed E-state index contributed by atoms with van der Waals surface area (Å²) < 4.78 is 7.39. The second kappa shape index (κ2) is 6.92. The maximum absolute atomic E-state index is 11.4. The monoisotopic (exact) mass is 342 g/mol. The molecule has 0 aliphatic rings. The highest BCUT2D eigenvalue weighted by molar-refractivity contribution is 8.00. The maximum atomic E-state index is 11.4. The minimum Gasteiger partial charge on any atom is -0.467 e. The van der Waals surface area contributed by atoms with Gasteiger partial charge in [0.2, 0.25) is 5.91 Å². The number of aromatic nitrogens is 3. The number of aryl methyl sites for hydroxylation is 1. The van der Waals surface area contributed by atoms with E-state index < -0.39 is 5.25 Å². The highest BCUT2D eigenvalue weighted by Gasteiger charge is 2.20. The van der Waals surface area contributed by atoms with Crippen molar-refractivity contribution in [3.05, 3.63) is 54.0 Å². The molecule has 0 aliphatic carbocycles. The highest BCUT2D eigenvalue weighted by Crippen LogP contribution is 2.28. The highest BCUT2D eigenvalue weighted by atomic mass is 32.2. The summed E-state index contributed by atoms with van der Waals surface area (Å²) in [6.45, 7) is 4.27. The summed E-state index contributed by atoms with van der Waals surface area (Å²) in [7, 11) is 0. The number of hydrogen-bond acceptors (Lipinski definition) is 5. The zero-order chi connectivity index (χ0) is 17.1. The lowest BCUT2D eigenvalue weighted by atomic mass is 10.1. The van der Waals surface area contributed by atoms with Crippen LogP contribution in [0.1, 0.15) is 18.2 Å². The molecule has 124 valence electrons.